The predicted octanol–water partition coefficient (Wildman–Crippen LogP) is 3.67. The molecule has 20 heavy (non-hydrogen) atoms. The molecule has 0 radical (unpaired) electrons. The molecule has 0 unspecified atom stereocenters. The molecule has 0 bridgehead atoms. The number of hydrogen-bond acceptors (Lipinski definition) is 2. The lowest BCUT2D eigenvalue weighted by Gasteiger charge is -2.18. The molecule has 1 aromatic carbocycles. The number of ether oxygens (including phenoxy) is 1. The monoisotopic (exact) mass is 269 g/mol. The molecule has 1 aliphatic rings. The molecule has 2 aromatic rings. The van der Waals surface area contributed by atoms with Gasteiger partial charge < -0.3 is 9.30 Å². The molecular formula is C17H19NO2. The van der Waals surface area contributed by atoms with Gasteiger partial charge in [-0.1, -0.05) is 30.3 Å². The van der Waals surface area contributed by atoms with E-state index in [4.69, 9.17) is 4.74 Å². The van der Waals surface area contributed by atoms with Crippen LogP contribution in [0.1, 0.15) is 35.8 Å². The van der Waals surface area contributed by atoms with E-state index in [1.807, 2.05) is 31.2 Å². The summed E-state index contributed by atoms with van der Waals surface area (Å²) in [4.78, 5) is 12.1. The van der Waals surface area contributed by atoms with Crippen LogP contribution >= 0.6 is 0 Å². The Bertz CT molecular complexity index is 613. The zero-order chi connectivity index (χ0) is 13.9. The molecule has 0 atom stereocenters. The van der Waals surface area contributed by atoms with Crippen LogP contribution in [0.2, 0.25) is 0 Å². The second-order valence-electron chi connectivity index (χ2n) is 5.09. The number of rotatable bonds is 3. The van der Waals surface area contributed by atoms with Crippen LogP contribution in [-0.4, -0.2) is 17.1 Å². The van der Waals surface area contributed by atoms with Crippen molar-refractivity contribution < 1.29 is 9.53 Å². The molecule has 3 nitrogen and oxygen atoms in total. The molecule has 0 amide bonds. The molecule has 1 aliphatic heterocycles. The third kappa shape index (κ3) is 2.24. The molecule has 3 rings (SSSR count). The number of carbonyl (C=O) groups excluding carboxylic acids is 1. The number of nitrogens with zero attached hydrogens (tertiary/aromatic N) is 1. The highest BCUT2D eigenvalue weighted by Gasteiger charge is 2.23. The maximum absolute atomic E-state index is 12.1. The average Bonchev–Trinajstić information content (AvgIpc) is 2.88. The summed E-state index contributed by atoms with van der Waals surface area (Å²) in [6, 6.07) is 12.2. The minimum Gasteiger partial charge on any atom is -0.462 e. The van der Waals surface area contributed by atoms with Crippen LogP contribution in [0.4, 0.5) is 0 Å². The van der Waals surface area contributed by atoms with Crippen LogP contribution in [-0.2, 0) is 17.7 Å². The lowest BCUT2D eigenvalue weighted by Crippen LogP contribution is -2.14. The van der Waals surface area contributed by atoms with Crippen LogP contribution < -0.4 is 0 Å². The standard InChI is InChI=1S/C17H19NO2/c1-2-20-17(19)14-12-16(13-8-4-3-5-9-13)18-11-7-6-10-15(14)18/h3-5,8-9,12H,2,6-7,10-11H2,1H3. The first-order chi connectivity index (χ1) is 9.81. The van der Waals surface area contributed by atoms with Crippen molar-refractivity contribution in [2.45, 2.75) is 32.7 Å². The van der Waals surface area contributed by atoms with Crippen molar-refractivity contribution in [2.24, 2.45) is 0 Å². The lowest BCUT2D eigenvalue weighted by molar-refractivity contribution is 0.0524. The van der Waals surface area contributed by atoms with Crippen LogP contribution in [0.3, 0.4) is 0 Å². The topological polar surface area (TPSA) is 31.2 Å². The Morgan fingerprint density at radius 1 is 1.25 bits per heavy atom. The van der Waals surface area contributed by atoms with Gasteiger partial charge in [-0.25, -0.2) is 4.79 Å². The Labute approximate surface area is 119 Å². The summed E-state index contributed by atoms with van der Waals surface area (Å²) in [6.45, 7) is 3.25. The largest absolute Gasteiger partial charge is 0.462 e. The second-order valence-corrected chi connectivity index (χ2v) is 5.09. The SMILES string of the molecule is CCOC(=O)c1cc(-c2ccccc2)n2c1CCCC2. The maximum atomic E-state index is 12.1. The van der Waals surface area contributed by atoms with Crippen molar-refractivity contribution >= 4 is 5.97 Å². The van der Waals surface area contributed by atoms with E-state index in [0.717, 1.165) is 41.9 Å². The van der Waals surface area contributed by atoms with Crippen molar-refractivity contribution in [3.63, 3.8) is 0 Å². The van der Waals surface area contributed by atoms with Gasteiger partial charge >= 0.3 is 5.97 Å². The van der Waals surface area contributed by atoms with E-state index in [1.54, 1.807) is 0 Å². The van der Waals surface area contributed by atoms with E-state index in [0.29, 0.717) is 6.61 Å². The fourth-order valence-electron chi connectivity index (χ4n) is 2.91. The van der Waals surface area contributed by atoms with Crippen molar-refractivity contribution in [3.05, 3.63) is 47.7 Å². The van der Waals surface area contributed by atoms with Gasteiger partial charge in [0.25, 0.3) is 0 Å². The zero-order valence-electron chi connectivity index (χ0n) is 11.8. The van der Waals surface area contributed by atoms with E-state index in [2.05, 4.69) is 16.7 Å². The molecule has 0 spiro atoms. The van der Waals surface area contributed by atoms with Gasteiger partial charge in [0.15, 0.2) is 0 Å². The first kappa shape index (κ1) is 13.0. The van der Waals surface area contributed by atoms with Crippen molar-refractivity contribution in [1.82, 2.24) is 4.57 Å². The van der Waals surface area contributed by atoms with Gasteiger partial charge in [-0.2, -0.15) is 0 Å². The third-order valence-electron chi connectivity index (χ3n) is 3.82. The van der Waals surface area contributed by atoms with Crippen LogP contribution in [0.15, 0.2) is 36.4 Å². The van der Waals surface area contributed by atoms with Crippen LogP contribution in [0, 0.1) is 0 Å². The van der Waals surface area contributed by atoms with E-state index in [9.17, 15) is 4.79 Å². The third-order valence-corrected chi connectivity index (χ3v) is 3.82. The number of hydrogen-bond donors (Lipinski definition) is 0. The van der Waals surface area contributed by atoms with E-state index >= 15 is 0 Å². The predicted molar refractivity (Wildman–Crippen MR) is 78.8 cm³/mol. The van der Waals surface area contributed by atoms with Crippen molar-refractivity contribution in [2.75, 3.05) is 6.61 Å². The Balaban J connectivity index is 2.09. The molecule has 2 heterocycles. The maximum Gasteiger partial charge on any atom is 0.339 e. The summed E-state index contributed by atoms with van der Waals surface area (Å²) in [5, 5.41) is 0. The molecule has 0 fully saturated rings. The minimum atomic E-state index is -0.194. The molecule has 0 aliphatic carbocycles. The Hall–Kier alpha value is -2.03. The molecule has 0 N–H and O–H groups in total. The fourth-order valence-corrected chi connectivity index (χ4v) is 2.91. The Morgan fingerprint density at radius 3 is 2.80 bits per heavy atom. The number of aromatic nitrogens is 1. The molecule has 1 aromatic heterocycles. The van der Waals surface area contributed by atoms with Gasteiger partial charge in [0, 0.05) is 17.9 Å². The van der Waals surface area contributed by atoms with E-state index < -0.39 is 0 Å². The summed E-state index contributed by atoms with van der Waals surface area (Å²) in [7, 11) is 0. The number of carbonyl (C=O) groups is 1. The summed E-state index contributed by atoms with van der Waals surface area (Å²) in [5.74, 6) is -0.194. The van der Waals surface area contributed by atoms with Crippen molar-refractivity contribution in [1.29, 1.82) is 0 Å². The van der Waals surface area contributed by atoms with E-state index in [1.165, 1.54) is 6.42 Å². The molecule has 104 valence electrons. The lowest BCUT2D eigenvalue weighted by atomic mass is 10.1. The number of fused-ring (bicyclic) bond motifs is 1. The van der Waals surface area contributed by atoms with Gasteiger partial charge in [0.2, 0.25) is 0 Å². The summed E-state index contributed by atoms with van der Waals surface area (Å²) in [6.07, 6.45) is 3.27. The summed E-state index contributed by atoms with van der Waals surface area (Å²) >= 11 is 0. The van der Waals surface area contributed by atoms with Gasteiger partial charge in [0.1, 0.15) is 0 Å². The van der Waals surface area contributed by atoms with Crippen molar-refractivity contribution in [3.8, 4) is 11.3 Å². The Kier molecular flexibility index (Phi) is 3.59. The second kappa shape index (κ2) is 5.53. The smallest absolute Gasteiger partial charge is 0.339 e. The highest BCUT2D eigenvalue weighted by molar-refractivity contribution is 5.93. The quantitative estimate of drug-likeness (QED) is 0.796. The molecule has 0 saturated carbocycles. The van der Waals surface area contributed by atoms with Gasteiger partial charge in [0.05, 0.1) is 12.2 Å². The van der Waals surface area contributed by atoms with E-state index in [-0.39, 0.29) is 5.97 Å². The average molecular weight is 269 g/mol. The Morgan fingerprint density at radius 2 is 2.05 bits per heavy atom. The number of esters is 1. The highest BCUT2D eigenvalue weighted by Crippen LogP contribution is 2.30. The summed E-state index contributed by atoms with van der Waals surface area (Å²) < 4.78 is 7.47. The van der Waals surface area contributed by atoms with Gasteiger partial charge in [-0.05, 0) is 37.8 Å². The first-order valence-corrected chi connectivity index (χ1v) is 7.26. The normalized spacial score (nSPS) is 13.8. The van der Waals surface area contributed by atoms with Crippen LogP contribution in [0.25, 0.3) is 11.3 Å². The van der Waals surface area contributed by atoms with Crippen LogP contribution in [0.5, 0.6) is 0 Å². The fraction of sp³-hybridized carbons (Fsp3) is 0.353. The number of benzene rings is 1. The summed E-state index contributed by atoms with van der Waals surface area (Å²) in [5.41, 5.74) is 4.16. The van der Waals surface area contributed by atoms with Gasteiger partial charge in [-0.3, -0.25) is 0 Å². The molecule has 0 saturated heterocycles. The zero-order valence-corrected chi connectivity index (χ0v) is 11.8. The molecule has 3 heteroatoms. The minimum absolute atomic E-state index is 0.194. The molecular weight excluding hydrogens is 250 g/mol. The van der Waals surface area contributed by atoms with Gasteiger partial charge in [-0.15, -0.1) is 0 Å². The first-order valence-electron chi connectivity index (χ1n) is 7.26. The highest BCUT2D eigenvalue weighted by atomic mass is 16.5.